The summed E-state index contributed by atoms with van der Waals surface area (Å²) < 4.78 is 0. The molecule has 14 heavy (non-hydrogen) atoms. The summed E-state index contributed by atoms with van der Waals surface area (Å²) in [6.07, 6.45) is 6.27. The Morgan fingerprint density at radius 2 is 2.14 bits per heavy atom. The van der Waals surface area contributed by atoms with E-state index in [9.17, 15) is 4.79 Å². The molecule has 0 unspecified atom stereocenters. The second kappa shape index (κ2) is 5.61. The van der Waals surface area contributed by atoms with E-state index >= 15 is 0 Å². The Labute approximate surface area is 90.2 Å². The molecule has 0 atom stereocenters. The lowest BCUT2D eigenvalue weighted by molar-refractivity contribution is -0.130. The number of carbonyl (C=O) groups excluding carboxylic acids is 1. The average molecular weight is 216 g/mol. The van der Waals surface area contributed by atoms with Gasteiger partial charge in [0.1, 0.15) is 0 Å². The van der Waals surface area contributed by atoms with Gasteiger partial charge in [-0.3, -0.25) is 4.79 Å². The first-order chi connectivity index (χ1) is 6.75. The summed E-state index contributed by atoms with van der Waals surface area (Å²) in [5.41, 5.74) is 5.47. The highest BCUT2D eigenvalue weighted by molar-refractivity contribution is 7.98. The van der Waals surface area contributed by atoms with Crippen molar-refractivity contribution in [3.8, 4) is 0 Å². The van der Waals surface area contributed by atoms with Crippen LogP contribution in [0.25, 0.3) is 0 Å². The van der Waals surface area contributed by atoms with Gasteiger partial charge in [0.25, 0.3) is 0 Å². The number of nitrogens with two attached hydrogens (primary N) is 1. The van der Waals surface area contributed by atoms with Gasteiger partial charge >= 0.3 is 0 Å². The third-order valence-corrected chi connectivity index (χ3v) is 3.64. The van der Waals surface area contributed by atoms with E-state index < -0.39 is 0 Å². The molecule has 0 aromatic heterocycles. The Hall–Kier alpha value is -0.220. The van der Waals surface area contributed by atoms with Gasteiger partial charge in [0, 0.05) is 18.8 Å². The monoisotopic (exact) mass is 216 g/mol. The molecule has 0 saturated heterocycles. The Balaban J connectivity index is 2.40. The van der Waals surface area contributed by atoms with Crippen molar-refractivity contribution >= 4 is 17.7 Å². The van der Waals surface area contributed by atoms with Crippen molar-refractivity contribution in [2.45, 2.75) is 25.7 Å². The molecule has 1 amide bonds. The second-order valence-electron chi connectivity index (χ2n) is 3.94. The average Bonchev–Trinajstić information content (AvgIpc) is 2.67. The van der Waals surface area contributed by atoms with Gasteiger partial charge in [-0.05, 0) is 19.1 Å². The highest BCUT2D eigenvalue weighted by atomic mass is 32.2. The van der Waals surface area contributed by atoms with Gasteiger partial charge < -0.3 is 11.1 Å². The van der Waals surface area contributed by atoms with Crippen LogP contribution in [0.4, 0.5) is 0 Å². The van der Waals surface area contributed by atoms with Gasteiger partial charge in [-0.1, -0.05) is 12.8 Å². The fourth-order valence-corrected chi connectivity index (χ4v) is 2.34. The third-order valence-electron chi connectivity index (χ3n) is 3.02. The van der Waals surface area contributed by atoms with E-state index in [1.807, 2.05) is 6.26 Å². The SMILES string of the molecule is CSCCNC(=O)C1(CN)CCCC1. The topological polar surface area (TPSA) is 55.1 Å². The van der Waals surface area contributed by atoms with E-state index in [-0.39, 0.29) is 11.3 Å². The van der Waals surface area contributed by atoms with Gasteiger partial charge in [0.2, 0.25) is 5.91 Å². The molecule has 1 rings (SSSR count). The van der Waals surface area contributed by atoms with Gasteiger partial charge in [0.15, 0.2) is 0 Å². The molecule has 0 spiro atoms. The van der Waals surface area contributed by atoms with E-state index in [4.69, 9.17) is 5.73 Å². The largest absolute Gasteiger partial charge is 0.355 e. The Morgan fingerprint density at radius 3 is 2.64 bits per heavy atom. The van der Waals surface area contributed by atoms with Crippen LogP contribution >= 0.6 is 11.8 Å². The maximum Gasteiger partial charge on any atom is 0.227 e. The maximum absolute atomic E-state index is 11.9. The first-order valence-electron chi connectivity index (χ1n) is 5.22. The fourth-order valence-electron chi connectivity index (χ4n) is 2.03. The zero-order valence-electron chi connectivity index (χ0n) is 8.84. The predicted molar refractivity (Wildman–Crippen MR) is 61.3 cm³/mol. The molecule has 82 valence electrons. The zero-order valence-corrected chi connectivity index (χ0v) is 9.66. The van der Waals surface area contributed by atoms with E-state index in [1.54, 1.807) is 11.8 Å². The fraction of sp³-hybridized carbons (Fsp3) is 0.900. The molecule has 4 heteroatoms. The predicted octanol–water partition coefficient (Wildman–Crippen LogP) is 0.985. The lowest BCUT2D eigenvalue weighted by atomic mass is 9.85. The van der Waals surface area contributed by atoms with Crippen LogP contribution < -0.4 is 11.1 Å². The summed E-state index contributed by atoms with van der Waals surface area (Å²) in [7, 11) is 0. The van der Waals surface area contributed by atoms with Gasteiger partial charge in [-0.2, -0.15) is 11.8 Å². The lowest BCUT2D eigenvalue weighted by Crippen LogP contribution is -2.44. The molecule has 0 heterocycles. The minimum absolute atomic E-state index is 0.173. The highest BCUT2D eigenvalue weighted by Gasteiger charge is 2.39. The summed E-state index contributed by atoms with van der Waals surface area (Å²) in [5.74, 6) is 1.15. The summed E-state index contributed by atoms with van der Waals surface area (Å²) in [4.78, 5) is 11.9. The van der Waals surface area contributed by atoms with Crippen molar-refractivity contribution < 1.29 is 4.79 Å². The minimum atomic E-state index is -0.238. The van der Waals surface area contributed by atoms with Crippen molar-refractivity contribution in [2.24, 2.45) is 11.1 Å². The van der Waals surface area contributed by atoms with E-state index in [2.05, 4.69) is 5.32 Å². The van der Waals surface area contributed by atoms with Gasteiger partial charge in [0.05, 0.1) is 5.41 Å². The van der Waals surface area contributed by atoms with E-state index in [0.717, 1.165) is 38.0 Å². The molecule has 0 aromatic carbocycles. The maximum atomic E-state index is 11.9. The first-order valence-corrected chi connectivity index (χ1v) is 6.62. The van der Waals surface area contributed by atoms with Crippen molar-refractivity contribution in [3.63, 3.8) is 0 Å². The Bertz CT molecular complexity index is 191. The number of rotatable bonds is 5. The number of hydrogen-bond donors (Lipinski definition) is 2. The number of hydrogen-bond acceptors (Lipinski definition) is 3. The first kappa shape index (κ1) is 11.9. The summed E-state index contributed by atoms with van der Waals surface area (Å²) in [6, 6.07) is 0. The molecule has 3 nitrogen and oxygen atoms in total. The molecule has 0 aromatic rings. The van der Waals surface area contributed by atoms with Crippen LogP contribution in [0.15, 0.2) is 0 Å². The standard InChI is InChI=1S/C10H20N2OS/c1-14-7-6-12-9(13)10(8-11)4-2-3-5-10/h2-8,11H2,1H3,(H,12,13). The Morgan fingerprint density at radius 1 is 1.50 bits per heavy atom. The summed E-state index contributed by atoms with van der Waals surface area (Å²) in [6.45, 7) is 1.26. The summed E-state index contributed by atoms with van der Waals surface area (Å²) >= 11 is 1.75. The molecular formula is C10H20N2OS. The molecule has 3 N–H and O–H groups in total. The number of thioether (sulfide) groups is 1. The van der Waals surface area contributed by atoms with Crippen LogP contribution in [0.3, 0.4) is 0 Å². The molecule has 1 aliphatic carbocycles. The lowest BCUT2D eigenvalue weighted by Gasteiger charge is -2.25. The number of nitrogens with one attached hydrogen (secondary N) is 1. The van der Waals surface area contributed by atoms with Crippen LogP contribution in [0, 0.1) is 5.41 Å². The van der Waals surface area contributed by atoms with E-state index in [1.165, 1.54) is 0 Å². The van der Waals surface area contributed by atoms with Gasteiger partial charge in [-0.15, -0.1) is 0 Å². The normalized spacial score (nSPS) is 19.6. The molecule has 0 aliphatic heterocycles. The van der Waals surface area contributed by atoms with Crippen LogP contribution in [0.1, 0.15) is 25.7 Å². The quantitative estimate of drug-likeness (QED) is 0.674. The highest BCUT2D eigenvalue weighted by Crippen LogP contribution is 2.37. The van der Waals surface area contributed by atoms with Crippen LogP contribution in [-0.2, 0) is 4.79 Å². The third kappa shape index (κ3) is 2.64. The molecule has 0 radical (unpaired) electrons. The minimum Gasteiger partial charge on any atom is -0.355 e. The zero-order chi connectivity index (χ0) is 10.4. The molecular weight excluding hydrogens is 196 g/mol. The smallest absolute Gasteiger partial charge is 0.227 e. The second-order valence-corrected chi connectivity index (χ2v) is 4.93. The number of amides is 1. The molecule has 0 bridgehead atoms. The summed E-state index contributed by atoms with van der Waals surface area (Å²) in [5, 5.41) is 2.98. The van der Waals surface area contributed by atoms with Crippen LogP contribution in [0.2, 0.25) is 0 Å². The number of carbonyl (C=O) groups is 1. The van der Waals surface area contributed by atoms with Crippen molar-refractivity contribution in [1.29, 1.82) is 0 Å². The molecule has 1 saturated carbocycles. The van der Waals surface area contributed by atoms with Crippen molar-refractivity contribution in [1.82, 2.24) is 5.32 Å². The van der Waals surface area contributed by atoms with Crippen LogP contribution in [-0.4, -0.2) is 31.0 Å². The van der Waals surface area contributed by atoms with Gasteiger partial charge in [-0.25, -0.2) is 0 Å². The molecule has 1 fully saturated rings. The van der Waals surface area contributed by atoms with Crippen LogP contribution in [0.5, 0.6) is 0 Å². The van der Waals surface area contributed by atoms with Crippen molar-refractivity contribution in [2.75, 3.05) is 25.1 Å². The van der Waals surface area contributed by atoms with Crippen molar-refractivity contribution in [3.05, 3.63) is 0 Å². The van der Waals surface area contributed by atoms with E-state index in [0.29, 0.717) is 6.54 Å². The Kier molecular flexibility index (Phi) is 4.75. The molecule has 1 aliphatic rings.